The molecule has 0 bridgehead atoms. The molecule has 0 aliphatic heterocycles. The van der Waals surface area contributed by atoms with E-state index < -0.39 is 0 Å². The molecule has 1 nitrogen and oxygen atoms in total. The monoisotopic (exact) mass is 209 g/mol. The first-order valence-corrected chi connectivity index (χ1v) is 6.93. The van der Waals surface area contributed by atoms with E-state index in [2.05, 4.69) is 12.3 Å². The summed E-state index contributed by atoms with van der Waals surface area (Å²) in [6, 6.07) is 2.52. The molecular formula is C12H19NS. The first kappa shape index (κ1) is 10.4. The molecule has 0 radical (unpaired) electrons. The van der Waals surface area contributed by atoms with Crippen LogP contribution < -0.4 is 0 Å². The van der Waals surface area contributed by atoms with Crippen LogP contribution in [0.5, 0.6) is 0 Å². The summed E-state index contributed by atoms with van der Waals surface area (Å²) in [5.74, 6) is 0. The zero-order chi connectivity index (χ0) is 10.1. The van der Waals surface area contributed by atoms with E-state index >= 15 is 0 Å². The zero-order valence-corrected chi connectivity index (χ0v) is 9.83. The Morgan fingerprint density at radius 3 is 2.07 bits per heavy atom. The van der Waals surface area contributed by atoms with Crippen molar-refractivity contribution in [1.29, 1.82) is 5.26 Å². The maximum absolute atomic E-state index is 9.15. The number of rotatable bonds is 1. The second-order valence-electron chi connectivity index (χ2n) is 5.08. The quantitative estimate of drug-likeness (QED) is 0.656. The van der Waals surface area contributed by atoms with Gasteiger partial charge in [0.2, 0.25) is 0 Å². The fourth-order valence-corrected chi connectivity index (χ4v) is 4.25. The highest BCUT2D eigenvalue weighted by molar-refractivity contribution is 8.00. The maximum Gasteiger partial charge on any atom is 0.103 e. The summed E-state index contributed by atoms with van der Waals surface area (Å²) in [4.78, 5) is 0. The van der Waals surface area contributed by atoms with Crippen molar-refractivity contribution in [2.75, 3.05) is 6.26 Å². The van der Waals surface area contributed by atoms with E-state index in [9.17, 15) is 0 Å². The third-order valence-corrected chi connectivity index (χ3v) is 5.24. The highest BCUT2D eigenvalue weighted by Gasteiger charge is 2.53. The van der Waals surface area contributed by atoms with E-state index in [1.807, 2.05) is 0 Å². The van der Waals surface area contributed by atoms with Crippen molar-refractivity contribution < 1.29 is 0 Å². The predicted molar refractivity (Wildman–Crippen MR) is 61.2 cm³/mol. The molecule has 0 aromatic rings. The van der Waals surface area contributed by atoms with Crippen molar-refractivity contribution in [1.82, 2.24) is 0 Å². The van der Waals surface area contributed by atoms with Gasteiger partial charge in [-0.25, -0.2) is 0 Å². The lowest BCUT2D eigenvalue weighted by atomic mass is 9.58. The lowest BCUT2D eigenvalue weighted by molar-refractivity contribution is 0.0885. The minimum absolute atomic E-state index is 0.00958. The first-order valence-electron chi connectivity index (χ1n) is 5.71. The Kier molecular flexibility index (Phi) is 2.79. The van der Waals surface area contributed by atoms with Gasteiger partial charge >= 0.3 is 0 Å². The molecule has 1 spiro atoms. The zero-order valence-electron chi connectivity index (χ0n) is 9.01. The first-order chi connectivity index (χ1) is 6.74. The van der Waals surface area contributed by atoms with Crippen LogP contribution >= 0.6 is 11.8 Å². The minimum Gasteiger partial charge on any atom is -0.197 e. The third kappa shape index (κ3) is 1.67. The molecular weight excluding hydrogens is 190 g/mol. The molecule has 0 unspecified atom stereocenters. The lowest BCUT2D eigenvalue weighted by Gasteiger charge is -2.52. The van der Waals surface area contributed by atoms with Gasteiger partial charge < -0.3 is 0 Å². The van der Waals surface area contributed by atoms with Gasteiger partial charge in [0.15, 0.2) is 0 Å². The normalized spacial score (nSPS) is 28.9. The van der Waals surface area contributed by atoms with E-state index in [1.165, 1.54) is 38.5 Å². The van der Waals surface area contributed by atoms with Crippen molar-refractivity contribution in [3.63, 3.8) is 0 Å². The third-order valence-electron chi connectivity index (χ3n) is 4.08. The summed E-state index contributed by atoms with van der Waals surface area (Å²) in [6.07, 6.45) is 12.8. The second-order valence-corrected chi connectivity index (χ2v) is 6.27. The summed E-state index contributed by atoms with van der Waals surface area (Å²) >= 11 is 1.77. The number of nitriles is 1. The Hall–Kier alpha value is -0.160. The van der Waals surface area contributed by atoms with Gasteiger partial charge in [-0.2, -0.15) is 5.26 Å². The molecule has 0 heterocycles. The SMILES string of the molecule is CSC1(C#N)CC2(CCCCCC2)C1. The van der Waals surface area contributed by atoms with Gasteiger partial charge in [-0.1, -0.05) is 25.7 Å². The molecule has 0 aromatic heterocycles. The summed E-state index contributed by atoms with van der Waals surface area (Å²) < 4.78 is -0.00958. The summed E-state index contributed by atoms with van der Waals surface area (Å²) in [5.41, 5.74) is 0.579. The Morgan fingerprint density at radius 2 is 1.64 bits per heavy atom. The molecule has 0 aromatic carbocycles. The van der Waals surface area contributed by atoms with Crippen LogP contribution in [0.25, 0.3) is 0 Å². The molecule has 2 aliphatic carbocycles. The van der Waals surface area contributed by atoms with Crippen LogP contribution in [-0.4, -0.2) is 11.0 Å². The smallest absolute Gasteiger partial charge is 0.103 e. The molecule has 78 valence electrons. The van der Waals surface area contributed by atoms with Crippen LogP contribution in [0.2, 0.25) is 0 Å². The van der Waals surface area contributed by atoms with E-state index in [1.54, 1.807) is 11.8 Å². The molecule has 2 rings (SSSR count). The fourth-order valence-electron chi connectivity index (χ4n) is 3.26. The largest absolute Gasteiger partial charge is 0.197 e. The van der Waals surface area contributed by atoms with Gasteiger partial charge in [0.05, 0.1) is 6.07 Å². The maximum atomic E-state index is 9.15. The van der Waals surface area contributed by atoms with Crippen LogP contribution in [0.15, 0.2) is 0 Å². The van der Waals surface area contributed by atoms with Gasteiger partial charge in [0, 0.05) is 0 Å². The van der Waals surface area contributed by atoms with E-state index in [0.29, 0.717) is 5.41 Å². The topological polar surface area (TPSA) is 23.8 Å². The number of nitrogens with zero attached hydrogens (tertiary/aromatic N) is 1. The fraction of sp³-hybridized carbons (Fsp3) is 0.917. The average Bonchev–Trinajstić information content (AvgIpc) is 2.40. The minimum atomic E-state index is -0.00958. The molecule has 0 saturated heterocycles. The lowest BCUT2D eigenvalue weighted by Crippen LogP contribution is -2.48. The van der Waals surface area contributed by atoms with Crippen molar-refractivity contribution in [2.45, 2.75) is 56.1 Å². The number of thioether (sulfide) groups is 1. The van der Waals surface area contributed by atoms with Crippen LogP contribution in [0.4, 0.5) is 0 Å². The number of hydrogen-bond donors (Lipinski definition) is 0. The van der Waals surface area contributed by atoms with Crippen molar-refractivity contribution in [3.8, 4) is 6.07 Å². The second kappa shape index (κ2) is 3.77. The van der Waals surface area contributed by atoms with Crippen molar-refractivity contribution >= 4 is 11.8 Å². The molecule has 0 amide bonds. The van der Waals surface area contributed by atoms with Gasteiger partial charge in [0.1, 0.15) is 4.75 Å². The van der Waals surface area contributed by atoms with E-state index in [0.717, 1.165) is 12.8 Å². The van der Waals surface area contributed by atoms with Crippen LogP contribution in [-0.2, 0) is 0 Å². The molecule has 0 atom stereocenters. The summed E-state index contributed by atoms with van der Waals surface area (Å²) in [5, 5.41) is 9.15. The molecule has 2 saturated carbocycles. The summed E-state index contributed by atoms with van der Waals surface area (Å²) in [7, 11) is 0. The Balaban J connectivity index is 1.99. The van der Waals surface area contributed by atoms with Gasteiger partial charge in [-0.15, -0.1) is 11.8 Å². The molecule has 2 fully saturated rings. The Morgan fingerprint density at radius 1 is 1.07 bits per heavy atom. The Bertz CT molecular complexity index is 238. The van der Waals surface area contributed by atoms with Gasteiger partial charge in [-0.05, 0) is 37.4 Å². The van der Waals surface area contributed by atoms with Gasteiger partial charge in [-0.3, -0.25) is 0 Å². The highest BCUT2D eigenvalue weighted by atomic mass is 32.2. The number of hydrogen-bond acceptors (Lipinski definition) is 2. The molecule has 0 N–H and O–H groups in total. The summed E-state index contributed by atoms with van der Waals surface area (Å²) in [6.45, 7) is 0. The average molecular weight is 209 g/mol. The van der Waals surface area contributed by atoms with Crippen LogP contribution in [0.1, 0.15) is 51.4 Å². The van der Waals surface area contributed by atoms with Gasteiger partial charge in [0.25, 0.3) is 0 Å². The van der Waals surface area contributed by atoms with Crippen molar-refractivity contribution in [2.24, 2.45) is 5.41 Å². The Labute approximate surface area is 91.3 Å². The molecule has 2 heteroatoms. The predicted octanol–water partition coefficient (Wildman–Crippen LogP) is 3.75. The molecule has 14 heavy (non-hydrogen) atoms. The standard InChI is InChI=1S/C12H19NS/c1-14-12(10-13)8-11(9-12)6-4-2-3-5-7-11/h2-9H2,1H3. The van der Waals surface area contributed by atoms with E-state index in [-0.39, 0.29) is 4.75 Å². The molecule has 2 aliphatic rings. The van der Waals surface area contributed by atoms with E-state index in [4.69, 9.17) is 5.26 Å². The van der Waals surface area contributed by atoms with Crippen molar-refractivity contribution in [3.05, 3.63) is 0 Å². The highest BCUT2D eigenvalue weighted by Crippen LogP contribution is 2.60. The van der Waals surface area contributed by atoms with Crippen LogP contribution in [0.3, 0.4) is 0 Å². The van der Waals surface area contributed by atoms with Crippen LogP contribution in [0, 0.1) is 16.7 Å².